The molecule has 6 nitrogen and oxygen atoms in total. The summed E-state index contributed by atoms with van der Waals surface area (Å²) in [7, 11) is 3.24. The highest BCUT2D eigenvalue weighted by Crippen LogP contribution is 2.26. The van der Waals surface area contributed by atoms with Crippen molar-refractivity contribution in [2.24, 2.45) is 20.0 Å². The number of hydrogen-bond donors (Lipinski definition) is 0. The van der Waals surface area contributed by atoms with E-state index >= 15 is 0 Å². The average molecular weight is 375 g/mol. The third-order valence-electron chi connectivity index (χ3n) is 2.35. The second-order valence-corrected chi connectivity index (χ2v) is 6.76. The molecule has 0 aliphatic rings. The van der Waals surface area contributed by atoms with E-state index in [0.717, 1.165) is 11.5 Å². The minimum absolute atomic E-state index is 0.0285. The van der Waals surface area contributed by atoms with Crippen LogP contribution in [-0.2, 0) is 9.59 Å². The van der Waals surface area contributed by atoms with E-state index in [2.05, 4.69) is 54.7 Å². The SMILES string of the molecule is O=C=NCCC(CSSCC(CCN=C=O)N=C=S)N=C=S. The smallest absolute Gasteiger partial charge is 0.228 e. The Hall–Kier alpha value is -0.940. The highest BCUT2D eigenvalue weighted by atomic mass is 33.1. The summed E-state index contributed by atoms with van der Waals surface area (Å²) >= 11 is 9.21. The molecule has 22 heavy (non-hydrogen) atoms. The summed E-state index contributed by atoms with van der Waals surface area (Å²) in [6, 6.07) is -0.0570. The molecular weight excluding hydrogens is 360 g/mol. The summed E-state index contributed by atoms with van der Waals surface area (Å²) in [5.74, 6) is 1.45. The fraction of sp³-hybridized carbons (Fsp3) is 0.667. The number of aliphatic imine (C=N–C) groups is 4. The van der Waals surface area contributed by atoms with Crippen molar-refractivity contribution in [2.45, 2.75) is 24.9 Å². The van der Waals surface area contributed by atoms with Crippen LogP contribution >= 0.6 is 46.0 Å². The standard InChI is InChI=1S/C12H14N4O2S4/c17-7-13-3-1-11(15-9-19)5-21-22-6-12(16-10-20)2-4-14-8-18/h11-12H,1-6H2. The molecule has 0 bridgehead atoms. The minimum Gasteiger partial charge on any atom is -0.228 e. The molecule has 0 saturated heterocycles. The van der Waals surface area contributed by atoms with Gasteiger partial charge in [0.15, 0.2) is 0 Å². The summed E-state index contributed by atoms with van der Waals surface area (Å²) in [6.45, 7) is 0.753. The summed E-state index contributed by atoms with van der Waals surface area (Å²) in [5.41, 5.74) is 0. The first-order chi connectivity index (χ1) is 10.8. The van der Waals surface area contributed by atoms with E-state index in [1.807, 2.05) is 0 Å². The number of isocyanates is 2. The van der Waals surface area contributed by atoms with Crippen LogP contribution in [0.25, 0.3) is 0 Å². The monoisotopic (exact) mass is 374 g/mol. The molecule has 0 aliphatic carbocycles. The molecule has 0 aliphatic heterocycles. The van der Waals surface area contributed by atoms with Crippen LogP contribution in [0, 0.1) is 0 Å². The molecule has 0 amide bonds. The van der Waals surface area contributed by atoms with Gasteiger partial charge in [-0.2, -0.15) is 0 Å². The minimum atomic E-state index is -0.0285. The average Bonchev–Trinajstić information content (AvgIpc) is 2.51. The van der Waals surface area contributed by atoms with Crippen molar-refractivity contribution in [3.63, 3.8) is 0 Å². The predicted octanol–water partition coefficient (Wildman–Crippen LogP) is 2.76. The number of carbonyl (C=O) groups excluding carboxylic acids is 2. The van der Waals surface area contributed by atoms with Gasteiger partial charge in [-0.1, -0.05) is 21.6 Å². The lowest BCUT2D eigenvalue weighted by Gasteiger charge is -2.10. The maximum atomic E-state index is 10.0. The van der Waals surface area contributed by atoms with Gasteiger partial charge in [-0.15, -0.1) is 0 Å². The Balaban J connectivity index is 4.10. The van der Waals surface area contributed by atoms with Gasteiger partial charge < -0.3 is 0 Å². The Kier molecular flexibility index (Phi) is 15.7. The first kappa shape index (κ1) is 21.1. The second-order valence-electron chi connectivity index (χ2n) is 3.84. The van der Waals surface area contributed by atoms with Gasteiger partial charge in [-0.25, -0.2) is 29.6 Å². The van der Waals surface area contributed by atoms with E-state index in [9.17, 15) is 9.59 Å². The molecule has 118 valence electrons. The highest BCUT2D eigenvalue weighted by Gasteiger charge is 2.10. The van der Waals surface area contributed by atoms with Gasteiger partial charge in [0.1, 0.15) is 0 Å². The van der Waals surface area contributed by atoms with Crippen molar-refractivity contribution < 1.29 is 9.59 Å². The highest BCUT2D eigenvalue weighted by molar-refractivity contribution is 8.76. The van der Waals surface area contributed by atoms with Crippen LogP contribution in [0.3, 0.4) is 0 Å². The Morgan fingerprint density at radius 2 is 1.23 bits per heavy atom. The quantitative estimate of drug-likeness (QED) is 0.162. The van der Waals surface area contributed by atoms with Crippen LogP contribution in [0.5, 0.6) is 0 Å². The summed E-state index contributed by atoms with van der Waals surface area (Å²) < 4.78 is 0. The largest absolute Gasteiger partial charge is 0.234 e. The van der Waals surface area contributed by atoms with Gasteiger partial charge in [-0.3, -0.25) is 0 Å². The Morgan fingerprint density at radius 3 is 1.55 bits per heavy atom. The van der Waals surface area contributed by atoms with E-state index in [0.29, 0.717) is 25.9 Å². The third-order valence-corrected chi connectivity index (χ3v) is 5.09. The van der Waals surface area contributed by atoms with Crippen LogP contribution < -0.4 is 0 Å². The summed E-state index contributed by atoms with van der Waals surface area (Å²) in [5, 5.41) is 4.71. The van der Waals surface area contributed by atoms with E-state index in [1.54, 1.807) is 21.6 Å². The van der Waals surface area contributed by atoms with E-state index < -0.39 is 0 Å². The second kappa shape index (κ2) is 16.4. The molecule has 0 N–H and O–H groups in total. The number of isothiocyanates is 2. The normalized spacial score (nSPS) is 11.8. The van der Waals surface area contributed by atoms with Gasteiger partial charge in [0.05, 0.1) is 35.5 Å². The number of rotatable bonds is 13. The molecule has 0 heterocycles. The third kappa shape index (κ3) is 12.8. The van der Waals surface area contributed by atoms with Crippen molar-refractivity contribution in [1.29, 1.82) is 0 Å². The van der Waals surface area contributed by atoms with Crippen LogP contribution in [0.15, 0.2) is 20.0 Å². The molecule has 0 aromatic heterocycles. The van der Waals surface area contributed by atoms with E-state index in [-0.39, 0.29) is 12.1 Å². The molecule has 0 aromatic carbocycles. The molecule has 2 unspecified atom stereocenters. The van der Waals surface area contributed by atoms with Gasteiger partial charge in [-0.05, 0) is 37.3 Å². The van der Waals surface area contributed by atoms with Gasteiger partial charge in [0.25, 0.3) is 0 Å². The maximum absolute atomic E-state index is 10.0. The zero-order chi connectivity index (χ0) is 16.5. The Labute approximate surface area is 147 Å². The molecule has 0 saturated carbocycles. The lowest BCUT2D eigenvalue weighted by molar-refractivity contribution is 0.560. The molecule has 0 radical (unpaired) electrons. The lowest BCUT2D eigenvalue weighted by atomic mass is 10.2. The van der Waals surface area contributed by atoms with Crippen molar-refractivity contribution in [2.75, 3.05) is 24.6 Å². The van der Waals surface area contributed by atoms with E-state index in [4.69, 9.17) is 0 Å². The number of nitrogens with zero attached hydrogens (tertiary/aromatic N) is 4. The van der Waals surface area contributed by atoms with Crippen LogP contribution in [0.1, 0.15) is 12.8 Å². The molecular formula is C12H14N4O2S4. The Morgan fingerprint density at radius 1 is 0.818 bits per heavy atom. The van der Waals surface area contributed by atoms with Crippen molar-refractivity contribution in [3.8, 4) is 0 Å². The van der Waals surface area contributed by atoms with Gasteiger partial charge in [0, 0.05) is 11.5 Å². The van der Waals surface area contributed by atoms with Crippen LogP contribution in [0.2, 0.25) is 0 Å². The number of thiocarbonyl (C=S) groups is 2. The summed E-state index contributed by atoms with van der Waals surface area (Å²) in [4.78, 5) is 35.1. The van der Waals surface area contributed by atoms with Crippen LogP contribution in [-0.4, -0.2) is 59.2 Å². The zero-order valence-corrected chi connectivity index (χ0v) is 14.9. The molecule has 0 rings (SSSR count). The first-order valence-corrected chi connectivity index (χ1v) is 9.54. The predicted molar refractivity (Wildman–Crippen MR) is 97.8 cm³/mol. The molecule has 0 spiro atoms. The topological polar surface area (TPSA) is 83.6 Å². The van der Waals surface area contributed by atoms with Crippen molar-refractivity contribution in [3.05, 3.63) is 0 Å². The first-order valence-electron chi connectivity index (χ1n) is 6.24. The summed E-state index contributed by atoms with van der Waals surface area (Å²) in [6.07, 6.45) is 4.24. The van der Waals surface area contributed by atoms with Crippen LogP contribution in [0.4, 0.5) is 0 Å². The van der Waals surface area contributed by atoms with Gasteiger partial charge >= 0.3 is 0 Å². The maximum Gasteiger partial charge on any atom is 0.234 e. The fourth-order valence-electron chi connectivity index (χ4n) is 1.29. The fourth-order valence-corrected chi connectivity index (χ4v) is 4.10. The molecule has 0 aromatic rings. The van der Waals surface area contributed by atoms with Crippen molar-refractivity contribution in [1.82, 2.24) is 0 Å². The van der Waals surface area contributed by atoms with Gasteiger partial charge in [0.2, 0.25) is 12.2 Å². The van der Waals surface area contributed by atoms with E-state index in [1.165, 1.54) is 12.2 Å². The molecule has 10 heteroatoms. The lowest BCUT2D eigenvalue weighted by Crippen LogP contribution is -2.11. The molecule has 0 fully saturated rings. The molecule has 2 atom stereocenters. The zero-order valence-electron chi connectivity index (χ0n) is 11.6. The Bertz CT molecular complexity index is 459. The number of hydrogen-bond acceptors (Lipinski definition) is 10. The van der Waals surface area contributed by atoms with Crippen molar-refractivity contribution >= 4 is 68.5 Å².